The topological polar surface area (TPSA) is 0 Å². The van der Waals surface area contributed by atoms with Crippen LogP contribution in [-0.4, -0.2) is 12.4 Å². The Balaban J connectivity index is 2.79. The minimum Gasteiger partial charge on any atom is -0.169 e. The highest BCUT2D eigenvalue weighted by Gasteiger charge is 2.72. The quantitative estimate of drug-likeness (QED) is 0.648. The van der Waals surface area contributed by atoms with Gasteiger partial charge in [-0.1, -0.05) is 48.6 Å². The molecular formula is C15H12F6. The lowest BCUT2D eigenvalue weighted by Crippen LogP contribution is -2.55. The number of alkyl halides is 6. The van der Waals surface area contributed by atoms with Gasteiger partial charge in [-0.15, -0.1) is 0 Å². The minimum atomic E-state index is -5.47. The molecular weight excluding hydrogens is 294 g/mol. The Morgan fingerprint density at radius 3 is 1.81 bits per heavy atom. The third-order valence-corrected chi connectivity index (χ3v) is 3.55. The molecule has 1 aliphatic carbocycles. The maximum Gasteiger partial charge on any atom is 0.410 e. The molecule has 0 amide bonds. The van der Waals surface area contributed by atoms with Crippen molar-refractivity contribution in [2.24, 2.45) is 0 Å². The highest BCUT2D eigenvalue weighted by molar-refractivity contribution is 5.44. The van der Waals surface area contributed by atoms with Crippen LogP contribution in [0.2, 0.25) is 0 Å². The smallest absolute Gasteiger partial charge is 0.169 e. The summed E-state index contributed by atoms with van der Waals surface area (Å²) in [5, 5.41) is 0. The first-order valence-electron chi connectivity index (χ1n) is 6.26. The van der Waals surface area contributed by atoms with Crippen LogP contribution in [0.5, 0.6) is 0 Å². The van der Waals surface area contributed by atoms with Gasteiger partial charge in [-0.3, -0.25) is 0 Å². The number of benzene rings is 1. The van der Waals surface area contributed by atoms with E-state index in [4.69, 9.17) is 0 Å². The second-order valence-electron chi connectivity index (χ2n) is 4.77. The van der Waals surface area contributed by atoms with Crippen LogP contribution in [0.4, 0.5) is 26.3 Å². The second kappa shape index (κ2) is 5.24. The van der Waals surface area contributed by atoms with Gasteiger partial charge in [-0.25, -0.2) is 0 Å². The van der Waals surface area contributed by atoms with E-state index in [2.05, 4.69) is 0 Å². The van der Waals surface area contributed by atoms with Crippen molar-refractivity contribution >= 4 is 0 Å². The molecule has 1 aliphatic rings. The van der Waals surface area contributed by atoms with E-state index in [0.717, 1.165) is 18.2 Å². The Kier molecular flexibility index (Phi) is 3.91. The fourth-order valence-electron chi connectivity index (χ4n) is 2.64. The number of hydrogen-bond acceptors (Lipinski definition) is 0. The fourth-order valence-corrected chi connectivity index (χ4v) is 2.64. The normalized spacial score (nSPS) is 16.8. The van der Waals surface area contributed by atoms with E-state index in [0.29, 0.717) is 0 Å². The fraction of sp³-hybridized carbons (Fsp3) is 0.333. The molecule has 0 radical (unpaired) electrons. The summed E-state index contributed by atoms with van der Waals surface area (Å²) >= 11 is 0. The molecule has 114 valence electrons. The molecule has 0 heterocycles. The zero-order valence-electron chi connectivity index (χ0n) is 10.8. The molecule has 0 bridgehead atoms. The lowest BCUT2D eigenvalue weighted by atomic mass is 9.70. The van der Waals surface area contributed by atoms with Crippen LogP contribution in [0, 0.1) is 0 Å². The summed E-state index contributed by atoms with van der Waals surface area (Å²) in [6, 6.07) is 5.50. The second-order valence-corrected chi connectivity index (χ2v) is 4.77. The van der Waals surface area contributed by atoms with Crippen molar-refractivity contribution in [3.05, 3.63) is 59.7 Å². The Morgan fingerprint density at radius 2 is 1.38 bits per heavy atom. The third-order valence-electron chi connectivity index (χ3n) is 3.55. The van der Waals surface area contributed by atoms with Crippen molar-refractivity contribution in [3.63, 3.8) is 0 Å². The van der Waals surface area contributed by atoms with E-state index in [1.807, 2.05) is 0 Å². The van der Waals surface area contributed by atoms with Crippen LogP contribution in [-0.2, 0) is 5.41 Å². The molecule has 0 spiro atoms. The number of allylic oxidation sites excluding steroid dienone is 4. The molecule has 1 aromatic rings. The monoisotopic (exact) mass is 306 g/mol. The molecule has 0 saturated heterocycles. The molecule has 0 aliphatic heterocycles. The van der Waals surface area contributed by atoms with Crippen LogP contribution in [0.1, 0.15) is 18.4 Å². The van der Waals surface area contributed by atoms with Crippen molar-refractivity contribution in [2.45, 2.75) is 30.6 Å². The van der Waals surface area contributed by atoms with Crippen molar-refractivity contribution in [1.29, 1.82) is 0 Å². The summed E-state index contributed by atoms with van der Waals surface area (Å²) in [6.07, 6.45) is -7.33. The van der Waals surface area contributed by atoms with E-state index < -0.39 is 28.9 Å². The summed E-state index contributed by atoms with van der Waals surface area (Å²) in [6.45, 7) is 0. The van der Waals surface area contributed by atoms with Gasteiger partial charge in [0.15, 0.2) is 0 Å². The van der Waals surface area contributed by atoms with Crippen LogP contribution < -0.4 is 0 Å². The predicted molar refractivity (Wildman–Crippen MR) is 66.7 cm³/mol. The molecule has 0 N–H and O–H groups in total. The first-order valence-corrected chi connectivity index (χ1v) is 6.26. The van der Waals surface area contributed by atoms with Crippen LogP contribution in [0.3, 0.4) is 0 Å². The van der Waals surface area contributed by atoms with Crippen molar-refractivity contribution in [3.8, 4) is 0 Å². The average Bonchev–Trinajstić information content (AvgIpc) is 2.38. The number of hydrogen-bond donors (Lipinski definition) is 0. The molecule has 0 nitrogen and oxygen atoms in total. The summed E-state index contributed by atoms with van der Waals surface area (Å²) in [7, 11) is 0. The van der Waals surface area contributed by atoms with Gasteiger partial charge in [-0.2, -0.15) is 26.3 Å². The van der Waals surface area contributed by atoms with Crippen LogP contribution in [0.25, 0.3) is 0 Å². The van der Waals surface area contributed by atoms with E-state index in [9.17, 15) is 26.3 Å². The maximum absolute atomic E-state index is 13.6. The molecule has 0 aromatic heterocycles. The van der Waals surface area contributed by atoms with Crippen LogP contribution >= 0.6 is 0 Å². The lowest BCUT2D eigenvalue weighted by Gasteiger charge is -2.40. The van der Waals surface area contributed by atoms with Crippen molar-refractivity contribution in [2.75, 3.05) is 0 Å². The van der Waals surface area contributed by atoms with Gasteiger partial charge in [0.2, 0.25) is 5.41 Å². The standard InChI is InChI=1S/C15H12F6/c16-14(17,18)13(15(19,20)21,11-7-3-1-4-8-11)12-9-5-2-6-10-12/h1-5,7-9H,6,10H2. The maximum atomic E-state index is 13.6. The van der Waals surface area contributed by atoms with Crippen molar-refractivity contribution in [1.82, 2.24) is 0 Å². The number of rotatable bonds is 2. The van der Waals surface area contributed by atoms with Crippen LogP contribution in [0.15, 0.2) is 54.1 Å². The minimum absolute atomic E-state index is 0.159. The summed E-state index contributed by atoms with van der Waals surface area (Å²) in [5.41, 5.74) is -5.42. The van der Waals surface area contributed by atoms with Gasteiger partial charge >= 0.3 is 12.4 Å². The largest absolute Gasteiger partial charge is 0.410 e. The Morgan fingerprint density at radius 1 is 0.810 bits per heavy atom. The molecule has 21 heavy (non-hydrogen) atoms. The summed E-state index contributed by atoms with van der Waals surface area (Å²) in [5.74, 6) is 0. The first-order chi connectivity index (χ1) is 9.71. The lowest BCUT2D eigenvalue weighted by molar-refractivity contribution is -0.290. The summed E-state index contributed by atoms with van der Waals surface area (Å²) in [4.78, 5) is 0. The van der Waals surface area contributed by atoms with E-state index >= 15 is 0 Å². The molecule has 1 aromatic carbocycles. The third kappa shape index (κ3) is 2.47. The highest BCUT2D eigenvalue weighted by Crippen LogP contribution is 2.57. The van der Waals surface area contributed by atoms with Gasteiger partial charge in [0.25, 0.3) is 0 Å². The van der Waals surface area contributed by atoms with Gasteiger partial charge in [-0.05, 0) is 24.0 Å². The van der Waals surface area contributed by atoms with Gasteiger partial charge in [0.1, 0.15) is 0 Å². The highest BCUT2D eigenvalue weighted by atomic mass is 19.4. The molecule has 0 atom stereocenters. The molecule has 2 rings (SSSR count). The van der Waals surface area contributed by atoms with Crippen molar-refractivity contribution < 1.29 is 26.3 Å². The van der Waals surface area contributed by atoms with E-state index in [-0.39, 0.29) is 12.8 Å². The molecule has 6 heteroatoms. The zero-order chi connectivity index (χ0) is 15.7. The van der Waals surface area contributed by atoms with E-state index in [1.165, 1.54) is 24.3 Å². The molecule has 0 fully saturated rings. The summed E-state index contributed by atoms with van der Waals surface area (Å²) < 4.78 is 81.3. The predicted octanol–water partition coefficient (Wildman–Crippen LogP) is 5.33. The van der Waals surface area contributed by atoms with Gasteiger partial charge in [0, 0.05) is 0 Å². The Labute approximate surface area is 117 Å². The Hall–Kier alpha value is -1.72. The van der Waals surface area contributed by atoms with E-state index in [1.54, 1.807) is 6.08 Å². The number of halogens is 6. The Bertz CT molecular complexity index is 534. The SMILES string of the molecule is FC(F)(F)C(C1=CC=CCC1)(c1ccccc1)C(F)(F)F. The molecule has 0 unspecified atom stereocenters. The van der Waals surface area contributed by atoms with Gasteiger partial charge in [0.05, 0.1) is 0 Å². The average molecular weight is 306 g/mol. The molecule has 0 saturated carbocycles. The first kappa shape index (κ1) is 15.7. The van der Waals surface area contributed by atoms with Gasteiger partial charge < -0.3 is 0 Å². The zero-order valence-corrected chi connectivity index (χ0v) is 10.8.